The molecule has 1 heterocycles. The van der Waals surface area contributed by atoms with Crippen molar-refractivity contribution in [3.63, 3.8) is 0 Å². The molecule has 0 aliphatic carbocycles. The van der Waals surface area contributed by atoms with E-state index in [0.717, 1.165) is 10.2 Å². The molecule has 2 unspecified atom stereocenters. The van der Waals surface area contributed by atoms with Crippen molar-refractivity contribution in [3.05, 3.63) is 51.3 Å². The summed E-state index contributed by atoms with van der Waals surface area (Å²) < 4.78 is 12.3. The highest BCUT2D eigenvalue weighted by molar-refractivity contribution is 9.10. The Hall–Kier alpha value is -0.970. The van der Waals surface area contributed by atoms with Crippen LogP contribution in [0.1, 0.15) is 24.5 Å². The van der Waals surface area contributed by atoms with Gasteiger partial charge in [-0.15, -0.1) is 0 Å². The van der Waals surface area contributed by atoms with Crippen LogP contribution >= 0.6 is 27.5 Å². The molecule has 0 saturated carbocycles. The largest absolute Gasteiger partial charge is 0.480 e. The first kappa shape index (κ1) is 14.4. The normalized spacial score (nSPS) is 14.2. The van der Waals surface area contributed by atoms with E-state index in [1.54, 1.807) is 18.2 Å². The number of aryl methyl sites for hydroxylation is 1. The maximum absolute atomic E-state index is 5.98. The number of halogens is 2. The number of furan rings is 1. The van der Waals surface area contributed by atoms with Crippen LogP contribution in [0, 0.1) is 6.92 Å². The first-order valence-electron chi connectivity index (χ1n) is 5.91. The molecule has 19 heavy (non-hydrogen) atoms. The fraction of sp³-hybridized carbons (Fsp3) is 0.286. The van der Waals surface area contributed by atoms with E-state index in [4.69, 9.17) is 26.5 Å². The molecule has 2 N–H and O–H groups in total. The second-order valence-electron chi connectivity index (χ2n) is 4.42. The van der Waals surface area contributed by atoms with Crippen LogP contribution < -0.4 is 10.5 Å². The van der Waals surface area contributed by atoms with E-state index >= 15 is 0 Å². The average Bonchev–Trinajstić information content (AvgIpc) is 2.74. The van der Waals surface area contributed by atoms with E-state index in [-0.39, 0.29) is 12.1 Å². The number of benzene rings is 1. The van der Waals surface area contributed by atoms with Crippen LogP contribution in [0.4, 0.5) is 0 Å². The number of nitrogens with two attached hydrogens (primary N) is 1. The molecule has 3 nitrogen and oxygen atoms in total. The highest BCUT2D eigenvalue weighted by Crippen LogP contribution is 2.33. The highest BCUT2D eigenvalue weighted by Gasteiger charge is 2.22. The molecule has 2 aromatic rings. The molecule has 0 aliphatic rings. The second kappa shape index (κ2) is 5.99. The maximum atomic E-state index is 5.98. The van der Waals surface area contributed by atoms with Gasteiger partial charge in [-0.25, -0.2) is 0 Å². The van der Waals surface area contributed by atoms with Crippen LogP contribution in [-0.4, -0.2) is 6.04 Å². The van der Waals surface area contributed by atoms with Crippen molar-refractivity contribution in [2.24, 2.45) is 5.73 Å². The van der Waals surface area contributed by atoms with Crippen LogP contribution in [0.5, 0.6) is 5.75 Å². The van der Waals surface area contributed by atoms with Gasteiger partial charge in [0.25, 0.3) is 0 Å². The Kier molecular flexibility index (Phi) is 4.55. The Bertz CT molecular complexity index is 568. The van der Waals surface area contributed by atoms with E-state index in [0.29, 0.717) is 16.5 Å². The lowest BCUT2D eigenvalue weighted by Crippen LogP contribution is -2.28. The van der Waals surface area contributed by atoms with Gasteiger partial charge in [0.05, 0.1) is 4.47 Å². The molecule has 1 aromatic heterocycles. The minimum absolute atomic E-state index is 0.201. The first-order chi connectivity index (χ1) is 8.97. The minimum Gasteiger partial charge on any atom is -0.480 e. The van der Waals surface area contributed by atoms with Crippen LogP contribution in [0.25, 0.3) is 0 Å². The van der Waals surface area contributed by atoms with Gasteiger partial charge >= 0.3 is 0 Å². The Balaban J connectivity index is 2.26. The predicted molar refractivity (Wildman–Crippen MR) is 79.6 cm³/mol. The van der Waals surface area contributed by atoms with Gasteiger partial charge in [-0.3, -0.25) is 0 Å². The fourth-order valence-corrected chi connectivity index (χ4v) is 2.51. The third kappa shape index (κ3) is 3.53. The summed E-state index contributed by atoms with van der Waals surface area (Å²) in [4.78, 5) is 0. The number of hydrogen-bond acceptors (Lipinski definition) is 3. The molecule has 0 amide bonds. The standard InChI is InChI=1S/C14H15BrClNO2/c1-8-3-5-13(18-8)14(9(2)17)19-12-6-4-10(16)7-11(12)15/h3-7,9,14H,17H2,1-2H3. The van der Waals surface area contributed by atoms with Crippen LogP contribution in [-0.2, 0) is 0 Å². The van der Waals surface area contributed by atoms with E-state index in [2.05, 4.69) is 15.9 Å². The van der Waals surface area contributed by atoms with Gasteiger partial charge in [0, 0.05) is 11.1 Å². The highest BCUT2D eigenvalue weighted by atomic mass is 79.9. The van der Waals surface area contributed by atoms with E-state index in [9.17, 15) is 0 Å². The zero-order valence-corrected chi connectivity index (χ0v) is 13.0. The van der Waals surface area contributed by atoms with Gasteiger partial charge in [0.1, 0.15) is 17.3 Å². The van der Waals surface area contributed by atoms with Gasteiger partial charge in [-0.1, -0.05) is 11.6 Å². The lowest BCUT2D eigenvalue weighted by atomic mass is 10.1. The van der Waals surface area contributed by atoms with Crippen molar-refractivity contribution < 1.29 is 9.15 Å². The number of rotatable bonds is 4. The third-order valence-electron chi connectivity index (χ3n) is 2.67. The van der Waals surface area contributed by atoms with Crippen molar-refractivity contribution in [3.8, 4) is 5.75 Å². The quantitative estimate of drug-likeness (QED) is 0.890. The van der Waals surface area contributed by atoms with Gasteiger partial charge in [0.15, 0.2) is 6.10 Å². The van der Waals surface area contributed by atoms with Gasteiger partial charge in [0.2, 0.25) is 0 Å². The minimum atomic E-state index is -0.342. The zero-order valence-electron chi connectivity index (χ0n) is 10.7. The van der Waals surface area contributed by atoms with Gasteiger partial charge in [-0.2, -0.15) is 0 Å². The number of ether oxygens (including phenoxy) is 1. The van der Waals surface area contributed by atoms with Crippen molar-refractivity contribution in [2.75, 3.05) is 0 Å². The summed E-state index contributed by atoms with van der Waals surface area (Å²) in [6, 6.07) is 8.93. The average molecular weight is 345 g/mol. The fourth-order valence-electron chi connectivity index (χ4n) is 1.74. The molecule has 0 radical (unpaired) electrons. The molecule has 2 rings (SSSR count). The van der Waals surface area contributed by atoms with Crippen LogP contribution in [0.15, 0.2) is 39.2 Å². The Morgan fingerprint density at radius 3 is 2.58 bits per heavy atom. The molecule has 102 valence electrons. The molecule has 0 spiro atoms. The molecule has 0 fully saturated rings. The summed E-state index contributed by atoms with van der Waals surface area (Å²) in [6.07, 6.45) is -0.342. The zero-order chi connectivity index (χ0) is 14.0. The topological polar surface area (TPSA) is 48.4 Å². The van der Waals surface area contributed by atoms with E-state index in [1.165, 1.54) is 0 Å². The molecule has 1 aromatic carbocycles. The summed E-state index contributed by atoms with van der Waals surface area (Å²) in [5.41, 5.74) is 5.98. The number of hydrogen-bond donors (Lipinski definition) is 1. The maximum Gasteiger partial charge on any atom is 0.171 e. The van der Waals surface area contributed by atoms with Crippen molar-refractivity contribution in [2.45, 2.75) is 26.0 Å². The monoisotopic (exact) mass is 343 g/mol. The Labute approximate surface area is 125 Å². The lowest BCUT2D eigenvalue weighted by Gasteiger charge is -2.21. The SMILES string of the molecule is Cc1ccc(C(Oc2ccc(Cl)cc2Br)C(C)N)o1. The second-order valence-corrected chi connectivity index (χ2v) is 5.71. The molecular weight excluding hydrogens is 330 g/mol. The van der Waals surface area contributed by atoms with E-state index in [1.807, 2.05) is 26.0 Å². The molecule has 2 atom stereocenters. The van der Waals surface area contributed by atoms with Crippen LogP contribution in [0.3, 0.4) is 0 Å². The van der Waals surface area contributed by atoms with Crippen molar-refractivity contribution >= 4 is 27.5 Å². The summed E-state index contributed by atoms with van der Waals surface area (Å²) >= 11 is 9.33. The van der Waals surface area contributed by atoms with Crippen molar-refractivity contribution in [1.82, 2.24) is 0 Å². The Morgan fingerprint density at radius 2 is 2.05 bits per heavy atom. The summed E-state index contributed by atoms with van der Waals surface area (Å²) in [7, 11) is 0. The van der Waals surface area contributed by atoms with Gasteiger partial charge in [-0.05, 0) is 60.1 Å². The third-order valence-corrected chi connectivity index (χ3v) is 3.52. The Morgan fingerprint density at radius 1 is 1.32 bits per heavy atom. The predicted octanol–water partition coefficient (Wildman–Crippen LogP) is 4.47. The first-order valence-corrected chi connectivity index (χ1v) is 7.08. The summed E-state index contributed by atoms with van der Waals surface area (Å²) in [5, 5.41) is 0.644. The molecule has 0 aliphatic heterocycles. The molecule has 0 saturated heterocycles. The molecule has 5 heteroatoms. The van der Waals surface area contributed by atoms with Crippen molar-refractivity contribution in [1.29, 1.82) is 0 Å². The summed E-state index contributed by atoms with van der Waals surface area (Å²) in [6.45, 7) is 3.77. The lowest BCUT2D eigenvalue weighted by molar-refractivity contribution is 0.151. The molecular formula is C14H15BrClNO2. The smallest absolute Gasteiger partial charge is 0.171 e. The summed E-state index contributed by atoms with van der Waals surface area (Å²) in [5.74, 6) is 2.23. The van der Waals surface area contributed by atoms with E-state index < -0.39 is 0 Å². The molecule has 0 bridgehead atoms. The van der Waals surface area contributed by atoms with Crippen LogP contribution in [0.2, 0.25) is 5.02 Å². The van der Waals surface area contributed by atoms with Gasteiger partial charge < -0.3 is 14.9 Å².